The van der Waals surface area contributed by atoms with E-state index in [1.165, 1.54) is 25.9 Å². The van der Waals surface area contributed by atoms with Gasteiger partial charge in [-0.3, -0.25) is 0 Å². The van der Waals surface area contributed by atoms with Gasteiger partial charge in [0.1, 0.15) is 0 Å². The van der Waals surface area contributed by atoms with E-state index in [9.17, 15) is 0 Å². The highest BCUT2D eigenvalue weighted by atomic mass is 32.1. The summed E-state index contributed by atoms with van der Waals surface area (Å²) in [5, 5.41) is 2.73. The number of benzene rings is 2. The van der Waals surface area contributed by atoms with Crippen molar-refractivity contribution in [3.8, 4) is 0 Å². The van der Waals surface area contributed by atoms with Crippen LogP contribution in [0.1, 0.15) is 55.4 Å². The lowest BCUT2D eigenvalue weighted by Gasteiger charge is -2.12. The summed E-state index contributed by atoms with van der Waals surface area (Å²) < 4.78 is 2.75. The summed E-state index contributed by atoms with van der Waals surface area (Å²) in [6.07, 6.45) is 0. The van der Waals surface area contributed by atoms with Crippen LogP contribution in [0.4, 0.5) is 5.69 Å². The molecule has 0 radical (unpaired) electrons. The number of fused-ring (bicyclic) bond motifs is 3. The largest absolute Gasteiger partial charge is 0.377 e. The zero-order valence-electron chi connectivity index (χ0n) is 17.4. The Hall–Kier alpha value is -1.54. The molecule has 3 rings (SSSR count). The summed E-state index contributed by atoms with van der Waals surface area (Å²) in [5.74, 6) is 0. The predicted octanol–water partition coefficient (Wildman–Crippen LogP) is 8.23. The first-order valence-electron chi connectivity index (χ1n) is 9.35. The van der Waals surface area contributed by atoms with Crippen LogP contribution in [-0.4, -0.2) is 14.1 Å². The third-order valence-electron chi connectivity index (χ3n) is 2.87. The highest BCUT2D eigenvalue weighted by Crippen LogP contribution is 2.38. The molecular formula is C22H37NS. The lowest BCUT2D eigenvalue weighted by molar-refractivity contribution is 1.15. The van der Waals surface area contributed by atoms with E-state index in [0.29, 0.717) is 0 Å². The van der Waals surface area contributed by atoms with E-state index < -0.39 is 0 Å². The van der Waals surface area contributed by atoms with Crippen LogP contribution in [0.15, 0.2) is 42.5 Å². The van der Waals surface area contributed by atoms with Gasteiger partial charge in [0.05, 0.1) is 10.4 Å². The second-order valence-corrected chi connectivity index (χ2v) is 5.20. The van der Waals surface area contributed by atoms with E-state index in [1.807, 2.05) is 66.7 Å². The maximum absolute atomic E-state index is 2.21. The van der Waals surface area contributed by atoms with Crippen molar-refractivity contribution < 1.29 is 0 Å². The molecule has 1 heterocycles. The summed E-state index contributed by atoms with van der Waals surface area (Å²) in [7, 11) is 4.19. The summed E-state index contributed by atoms with van der Waals surface area (Å²) in [4.78, 5) is 2.18. The van der Waals surface area contributed by atoms with Gasteiger partial charge in [0, 0.05) is 29.6 Å². The number of rotatable bonds is 1. The molecule has 0 N–H and O–H groups in total. The molecule has 0 bridgehead atoms. The number of nitrogens with zero attached hydrogens (tertiary/aromatic N) is 1. The number of hydrogen-bond acceptors (Lipinski definition) is 2. The lowest BCUT2D eigenvalue weighted by Crippen LogP contribution is -2.08. The molecule has 0 fully saturated rings. The minimum absolute atomic E-state index is 1.30. The van der Waals surface area contributed by atoms with E-state index >= 15 is 0 Å². The van der Waals surface area contributed by atoms with Crippen LogP contribution >= 0.6 is 11.3 Å². The number of thiophene rings is 1. The minimum Gasteiger partial charge on any atom is -0.377 e. The van der Waals surface area contributed by atoms with Gasteiger partial charge in [-0.2, -0.15) is 0 Å². The van der Waals surface area contributed by atoms with Crippen LogP contribution in [0, 0.1) is 0 Å². The average molecular weight is 348 g/mol. The third kappa shape index (κ3) is 6.16. The van der Waals surface area contributed by atoms with E-state index in [2.05, 4.69) is 61.5 Å². The Bertz CT molecular complexity index is 653. The van der Waals surface area contributed by atoms with Crippen molar-refractivity contribution in [3.63, 3.8) is 0 Å². The van der Waals surface area contributed by atoms with Crippen LogP contribution in [0.3, 0.4) is 0 Å². The molecule has 0 aliphatic heterocycles. The Morgan fingerprint density at radius 1 is 0.625 bits per heavy atom. The van der Waals surface area contributed by atoms with Gasteiger partial charge in [0.2, 0.25) is 0 Å². The van der Waals surface area contributed by atoms with Gasteiger partial charge in [-0.25, -0.2) is 0 Å². The van der Waals surface area contributed by atoms with Gasteiger partial charge in [0.25, 0.3) is 0 Å². The summed E-state index contributed by atoms with van der Waals surface area (Å²) in [6, 6.07) is 15.1. The maximum Gasteiger partial charge on any atom is 0.0588 e. The van der Waals surface area contributed by atoms with Crippen molar-refractivity contribution in [2.45, 2.75) is 55.4 Å². The minimum atomic E-state index is 1.30. The molecule has 0 atom stereocenters. The highest BCUT2D eigenvalue weighted by molar-refractivity contribution is 7.26. The zero-order valence-corrected chi connectivity index (χ0v) is 18.2. The van der Waals surface area contributed by atoms with Crippen molar-refractivity contribution >= 4 is 37.2 Å². The number of anilines is 1. The SMILES string of the molecule is CC.CC.CC.CC.CN(C)c1cccc2c1sc1ccccc12. The third-order valence-corrected chi connectivity index (χ3v) is 4.07. The predicted molar refractivity (Wildman–Crippen MR) is 119 cm³/mol. The molecule has 1 nitrogen and oxygen atoms in total. The van der Waals surface area contributed by atoms with Crippen molar-refractivity contribution in [2.75, 3.05) is 19.0 Å². The van der Waals surface area contributed by atoms with E-state index in [0.717, 1.165) is 0 Å². The Morgan fingerprint density at radius 3 is 1.67 bits per heavy atom. The number of hydrogen-bond donors (Lipinski definition) is 0. The summed E-state index contributed by atoms with van der Waals surface area (Å²) in [6.45, 7) is 16.0. The molecule has 0 unspecified atom stereocenters. The van der Waals surface area contributed by atoms with Crippen LogP contribution in [0.5, 0.6) is 0 Å². The first-order valence-corrected chi connectivity index (χ1v) is 10.2. The van der Waals surface area contributed by atoms with Gasteiger partial charge in [-0.15, -0.1) is 11.3 Å². The van der Waals surface area contributed by atoms with Crippen LogP contribution in [-0.2, 0) is 0 Å². The normalized spacial score (nSPS) is 8.42. The second-order valence-electron chi connectivity index (χ2n) is 4.15. The molecule has 0 saturated heterocycles. The maximum atomic E-state index is 2.21. The van der Waals surface area contributed by atoms with Gasteiger partial charge < -0.3 is 4.90 Å². The fraction of sp³-hybridized carbons (Fsp3) is 0.455. The average Bonchev–Trinajstić information content (AvgIpc) is 3.07. The van der Waals surface area contributed by atoms with Gasteiger partial charge in [-0.05, 0) is 12.1 Å². The summed E-state index contributed by atoms with van der Waals surface area (Å²) >= 11 is 1.87. The Morgan fingerprint density at radius 2 is 1.12 bits per heavy atom. The van der Waals surface area contributed by atoms with Crippen LogP contribution in [0.2, 0.25) is 0 Å². The fourth-order valence-corrected chi connectivity index (χ4v) is 3.38. The Labute approximate surface area is 154 Å². The molecule has 0 spiro atoms. The van der Waals surface area contributed by atoms with Gasteiger partial charge in [0.15, 0.2) is 0 Å². The molecular weight excluding hydrogens is 310 g/mol. The molecule has 0 saturated carbocycles. The molecule has 1 aromatic heterocycles. The first kappa shape index (κ1) is 24.7. The molecule has 2 aromatic carbocycles. The quantitative estimate of drug-likeness (QED) is 0.428. The standard InChI is InChI=1S/C14H13NS.4C2H6/c1-15(2)12-8-5-7-11-10-6-3-4-9-13(10)16-14(11)12;4*1-2/h3-9H,1-2H3;4*1-2H3. The van der Waals surface area contributed by atoms with Gasteiger partial charge >= 0.3 is 0 Å². The van der Waals surface area contributed by atoms with Crippen molar-refractivity contribution in [3.05, 3.63) is 42.5 Å². The van der Waals surface area contributed by atoms with Crippen molar-refractivity contribution in [2.24, 2.45) is 0 Å². The van der Waals surface area contributed by atoms with Crippen molar-refractivity contribution in [1.29, 1.82) is 0 Å². The molecule has 0 aliphatic carbocycles. The topological polar surface area (TPSA) is 3.24 Å². The second kappa shape index (κ2) is 15.0. The van der Waals surface area contributed by atoms with Crippen LogP contribution < -0.4 is 4.90 Å². The molecule has 0 aliphatic rings. The van der Waals surface area contributed by atoms with Crippen LogP contribution in [0.25, 0.3) is 20.2 Å². The molecule has 3 aromatic rings. The molecule has 0 amide bonds. The first-order chi connectivity index (χ1) is 11.8. The fourth-order valence-electron chi connectivity index (χ4n) is 2.08. The Kier molecular flexibility index (Phi) is 15.5. The highest BCUT2D eigenvalue weighted by Gasteiger charge is 2.08. The van der Waals surface area contributed by atoms with E-state index in [1.54, 1.807) is 0 Å². The smallest absolute Gasteiger partial charge is 0.0588 e. The molecule has 2 heteroatoms. The molecule has 24 heavy (non-hydrogen) atoms. The van der Waals surface area contributed by atoms with Gasteiger partial charge in [-0.1, -0.05) is 85.7 Å². The monoisotopic (exact) mass is 347 g/mol. The van der Waals surface area contributed by atoms with E-state index in [4.69, 9.17) is 0 Å². The lowest BCUT2D eigenvalue weighted by atomic mass is 10.1. The van der Waals surface area contributed by atoms with E-state index in [-0.39, 0.29) is 0 Å². The molecule has 136 valence electrons. The van der Waals surface area contributed by atoms with Crippen molar-refractivity contribution in [1.82, 2.24) is 0 Å². The Balaban J connectivity index is 0. The summed E-state index contributed by atoms with van der Waals surface area (Å²) in [5.41, 5.74) is 1.30. The zero-order chi connectivity index (χ0) is 19.1.